The first-order chi connectivity index (χ1) is 26.2. The van der Waals surface area contributed by atoms with Gasteiger partial charge in [-0.05, 0) is 25.3 Å². The molecule has 2 aromatic carbocycles. The predicted octanol–water partition coefficient (Wildman–Crippen LogP) is 5.52. The summed E-state index contributed by atoms with van der Waals surface area (Å²) >= 11 is 7.05. The first kappa shape index (κ1) is 36.1. The second kappa shape index (κ2) is 14.8. The third kappa shape index (κ3) is 6.73. The summed E-state index contributed by atoms with van der Waals surface area (Å²) in [5.74, 6) is 1.11. The van der Waals surface area contributed by atoms with Crippen LogP contribution in [0, 0.1) is 5.82 Å². The topological polar surface area (TPSA) is 122 Å². The maximum Gasteiger partial charge on any atom is 0.237 e. The summed E-state index contributed by atoms with van der Waals surface area (Å²) in [7, 11) is 3.12. The summed E-state index contributed by atoms with van der Waals surface area (Å²) in [5, 5.41) is 3.46. The number of ether oxygens (including phenoxy) is 3. The number of aromatic nitrogens is 3. The van der Waals surface area contributed by atoms with Crippen LogP contribution in [0.2, 0.25) is 5.02 Å². The van der Waals surface area contributed by atoms with Crippen molar-refractivity contribution in [1.29, 1.82) is 0 Å². The fourth-order valence-electron chi connectivity index (χ4n) is 8.28. The minimum absolute atomic E-state index is 0.0767. The molecule has 1 atom stereocenters. The van der Waals surface area contributed by atoms with Gasteiger partial charge in [0.15, 0.2) is 0 Å². The van der Waals surface area contributed by atoms with E-state index in [-0.39, 0.29) is 29.0 Å². The number of nitrogens with zero attached hydrogens (tertiary/aromatic N) is 6. The first-order valence-corrected chi connectivity index (χ1v) is 18.8. The van der Waals surface area contributed by atoms with Crippen molar-refractivity contribution in [3.63, 3.8) is 0 Å². The molecule has 4 aromatic rings. The number of nitrogens with one attached hydrogen (secondary N) is 1. The molecule has 0 bridgehead atoms. The van der Waals surface area contributed by atoms with Gasteiger partial charge in [-0.15, -0.1) is 0 Å². The monoisotopic (exact) mass is 755 g/mol. The van der Waals surface area contributed by atoms with Gasteiger partial charge >= 0.3 is 0 Å². The number of amides is 2. The van der Waals surface area contributed by atoms with Crippen molar-refractivity contribution in [2.45, 2.75) is 50.7 Å². The lowest BCUT2D eigenvalue weighted by Crippen LogP contribution is -2.67. The van der Waals surface area contributed by atoms with Crippen molar-refractivity contribution in [2.24, 2.45) is 0 Å². The Balaban J connectivity index is 1.04. The van der Waals surface area contributed by atoms with E-state index in [0.29, 0.717) is 75.9 Å². The zero-order chi connectivity index (χ0) is 37.6. The lowest BCUT2D eigenvalue weighted by Gasteiger charge is -2.50. The summed E-state index contributed by atoms with van der Waals surface area (Å²) in [5.41, 5.74) is 3.93. The molecule has 6 heterocycles. The zero-order valence-corrected chi connectivity index (χ0v) is 31.4. The second-order valence-corrected chi connectivity index (χ2v) is 14.9. The van der Waals surface area contributed by atoms with Gasteiger partial charge in [-0.25, -0.2) is 14.4 Å². The smallest absolute Gasteiger partial charge is 0.237 e. The number of hydrogen-bond donors (Lipinski definition) is 1. The number of methoxy groups -OCH3 is 2. The molecule has 1 N–H and O–H groups in total. The molecule has 3 fully saturated rings. The number of halogens is 2. The number of carbonyl (C=O) groups excluding carboxylic acids is 2. The van der Waals surface area contributed by atoms with Crippen LogP contribution in [0.25, 0.3) is 33.6 Å². The van der Waals surface area contributed by atoms with Gasteiger partial charge in [0, 0.05) is 87.5 Å². The Bertz CT molecular complexity index is 2100. The quantitative estimate of drug-likeness (QED) is 0.246. The molecule has 0 aliphatic carbocycles. The highest BCUT2D eigenvalue weighted by atomic mass is 35.5. The van der Waals surface area contributed by atoms with Gasteiger partial charge in [0.2, 0.25) is 23.6 Å². The van der Waals surface area contributed by atoms with Crippen molar-refractivity contribution in [2.75, 3.05) is 60.1 Å². The zero-order valence-electron chi connectivity index (χ0n) is 30.7. The Morgan fingerprint density at radius 1 is 0.981 bits per heavy atom. The molecule has 54 heavy (non-hydrogen) atoms. The van der Waals surface area contributed by atoms with Crippen LogP contribution in [0.1, 0.15) is 49.9 Å². The van der Waals surface area contributed by atoms with E-state index >= 15 is 4.39 Å². The SMILES string of the molecule is COc1nc(-c2cccc(-c3cccc(-c4cc5c(c(OC)n4)C(N4CC6(CCC(=O)N6)C4)CO5)c3F)c2Cl)cnc1CN1CCCN(C(C)=O)CCC1. The third-order valence-electron chi connectivity index (χ3n) is 11.1. The number of pyridine rings is 1. The highest BCUT2D eigenvalue weighted by Gasteiger charge is 2.51. The molecule has 0 saturated carbocycles. The Morgan fingerprint density at radius 2 is 1.67 bits per heavy atom. The van der Waals surface area contributed by atoms with E-state index in [1.165, 1.54) is 0 Å². The molecule has 1 unspecified atom stereocenters. The highest BCUT2D eigenvalue weighted by molar-refractivity contribution is 6.36. The molecule has 3 saturated heterocycles. The summed E-state index contributed by atoms with van der Waals surface area (Å²) in [6.45, 7) is 7.21. The second-order valence-electron chi connectivity index (χ2n) is 14.5. The largest absolute Gasteiger partial charge is 0.491 e. The van der Waals surface area contributed by atoms with Gasteiger partial charge in [0.1, 0.15) is 23.9 Å². The minimum Gasteiger partial charge on any atom is -0.491 e. The molecule has 0 radical (unpaired) electrons. The molecule has 12 nitrogen and oxygen atoms in total. The van der Waals surface area contributed by atoms with E-state index in [1.54, 1.807) is 57.7 Å². The van der Waals surface area contributed by atoms with E-state index in [4.69, 9.17) is 40.8 Å². The molecular weight excluding hydrogens is 713 g/mol. The summed E-state index contributed by atoms with van der Waals surface area (Å²) in [6.07, 6.45) is 4.81. The fraction of sp³-hybridized carbons (Fsp3) is 0.425. The molecule has 1 spiro atoms. The number of likely N-dealkylation sites (tertiary alicyclic amines) is 1. The maximum atomic E-state index is 16.6. The van der Waals surface area contributed by atoms with E-state index in [2.05, 4.69) is 15.1 Å². The van der Waals surface area contributed by atoms with E-state index < -0.39 is 5.82 Å². The number of hydrogen-bond acceptors (Lipinski definition) is 10. The normalized spacial score (nSPS) is 19.8. The Hall–Kier alpha value is -4.85. The van der Waals surface area contributed by atoms with Crippen molar-refractivity contribution in [3.8, 4) is 51.2 Å². The van der Waals surface area contributed by atoms with Crippen LogP contribution in [0.5, 0.6) is 17.5 Å². The van der Waals surface area contributed by atoms with Gasteiger partial charge in [-0.2, -0.15) is 0 Å². The number of carbonyl (C=O) groups is 2. The fourth-order valence-corrected chi connectivity index (χ4v) is 8.61. The lowest BCUT2D eigenvalue weighted by molar-refractivity contribution is -0.129. The van der Waals surface area contributed by atoms with Gasteiger partial charge < -0.3 is 24.4 Å². The third-order valence-corrected chi connectivity index (χ3v) is 11.5. The highest BCUT2D eigenvalue weighted by Crippen LogP contribution is 2.48. The molecule has 4 aliphatic rings. The van der Waals surface area contributed by atoms with Crippen LogP contribution in [0.3, 0.4) is 0 Å². The molecule has 14 heteroatoms. The molecule has 4 aliphatic heterocycles. The van der Waals surface area contributed by atoms with Crippen molar-refractivity contribution in [1.82, 2.24) is 35.0 Å². The van der Waals surface area contributed by atoms with E-state index in [9.17, 15) is 9.59 Å². The number of rotatable bonds is 8. The summed E-state index contributed by atoms with van der Waals surface area (Å²) in [6, 6.07) is 12.3. The van der Waals surface area contributed by atoms with Crippen LogP contribution >= 0.6 is 11.6 Å². The molecule has 282 valence electrons. The summed E-state index contributed by atoms with van der Waals surface area (Å²) < 4.78 is 34.2. The minimum atomic E-state index is -0.485. The van der Waals surface area contributed by atoms with Gasteiger partial charge in [-0.1, -0.05) is 41.9 Å². The predicted molar refractivity (Wildman–Crippen MR) is 201 cm³/mol. The Labute approximate surface area is 318 Å². The molecule has 8 rings (SSSR count). The van der Waals surface area contributed by atoms with E-state index in [1.807, 2.05) is 17.0 Å². The number of fused-ring (bicyclic) bond motifs is 1. The number of benzene rings is 2. The van der Waals surface area contributed by atoms with Crippen molar-refractivity contribution in [3.05, 3.63) is 70.8 Å². The first-order valence-electron chi connectivity index (χ1n) is 18.4. The van der Waals surface area contributed by atoms with Gasteiger partial charge in [0.05, 0.1) is 54.0 Å². The van der Waals surface area contributed by atoms with Gasteiger partial charge in [-0.3, -0.25) is 24.4 Å². The van der Waals surface area contributed by atoms with Crippen molar-refractivity contribution < 1.29 is 28.2 Å². The van der Waals surface area contributed by atoms with Crippen molar-refractivity contribution >= 4 is 23.4 Å². The molecule has 2 aromatic heterocycles. The van der Waals surface area contributed by atoms with Crippen LogP contribution < -0.4 is 19.5 Å². The van der Waals surface area contributed by atoms with Gasteiger partial charge in [0.25, 0.3) is 0 Å². The average Bonchev–Trinajstić information content (AvgIpc) is 3.75. The standard InChI is InChI=1S/C40H43ClFN7O5/c1-24(50)48-16-6-14-47(15-7-17-48)20-31-38(52-2)45-30(19-43-31)27-10-4-8-25(36(27)41)26-9-5-11-28(37(26)42)29-18-33-35(39(44-29)53-3)32(21-54-33)49-22-40(23-49)13-12-34(51)46-40/h4-5,8-11,18-19,32H,6-7,12-17,20-23H2,1-3H3,(H,46,51). The van der Waals surface area contributed by atoms with Crippen LogP contribution in [-0.4, -0.2) is 107 Å². The molecule has 2 amide bonds. The van der Waals surface area contributed by atoms with Crippen LogP contribution in [0.4, 0.5) is 4.39 Å². The maximum absolute atomic E-state index is 16.6. The van der Waals surface area contributed by atoms with Crippen LogP contribution in [-0.2, 0) is 16.1 Å². The molecular formula is C40H43ClFN7O5. The summed E-state index contributed by atoms with van der Waals surface area (Å²) in [4.78, 5) is 44.5. The Kier molecular flexibility index (Phi) is 9.88. The lowest BCUT2D eigenvalue weighted by atomic mass is 9.86. The Morgan fingerprint density at radius 3 is 2.35 bits per heavy atom. The average molecular weight is 756 g/mol. The van der Waals surface area contributed by atoms with E-state index in [0.717, 1.165) is 64.1 Å². The van der Waals surface area contributed by atoms with Crippen LogP contribution in [0.15, 0.2) is 48.7 Å².